The maximum absolute atomic E-state index is 12.7. The molecule has 0 atom stereocenters. The Kier molecular flexibility index (Phi) is 3.88. The molecule has 0 amide bonds. The minimum Gasteiger partial charge on any atom is -0.368 e. The summed E-state index contributed by atoms with van der Waals surface area (Å²) in [5, 5.41) is -0.184. The number of benzene rings is 1. The number of hydrogen-bond donors (Lipinski definition) is 0. The lowest BCUT2D eigenvalue weighted by Gasteiger charge is -2.04. The fourth-order valence-corrected chi connectivity index (χ4v) is 2.33. The van der Waals surface area contributed by atoms with Gasteiger partial charge in [0.1, 0.15) is 17.1 Å². The number of halogens is 2. The predicted octanol–water partition coefficient (Wildman–Crippen LogP) is 1.76. The molecule has 0 fully saturated rings. The van der Waals surface area contributed by atoms with Crippen molar-refractivity contribution in [3.63, 3.8) is 0 Å². The van der Waals surface area contributed by atoms with Crippen molar-refractivity contribution >= 4 is 28.0 Å². The number of rotatable bonds is 3. The summed E-state index contributed by atoms with van der Waals surface area (Å²) in [5.41, 5.74) is 0. The van der Waals surface area contributed by atoms with Gasteiger partial charge < -0.3 is 4.90 Å². The molecular weight excluding hydrogens is 255 g/mol. The maximum Gasteiger partial charge on any atom is 0.285 e. The molecule has 1 aromatic carbocycles. The van der Waals surface area contributed by atoms with Gasteiger partial charge in [0.25, 0.3) is 10.0 Å². The lowest BCUT2D eigenvalue weighted by molar-refractivity contribution is 0.593. The second-order valence-corrected chi connectivity index (χ2v) is 5.24. The van der Waals surface area contributed by atoms with Gasteiger partial charge in [-0.1, -0.05) is 11.6 Å². The van der Waals surface area contributed by atoms with Crippen molar-refractivity contribution in [3.8, 4) is 0 Å². The molecule has 88 valence electrons. The van der Waals surface area contributed by atoms with Crippen LogP contribution in [0.5, 0.6) is 0 Å². The van der Waals surface area contributed by atoms with Gasteiger partial charge >= 0.3 is 0 Å². The highest BCUT2D eigenvalue weighted by Gasteiger charge is 2.16. The Morgan fingerprint density at radius 2 is 2.06 bits per heavy atom. The van der Waals surface area contributed by atoms with Crippen LogP contribution in [0.3, 0.4) is 0 Å². The predicted molar refractivity (Wildman–Crippen MR) is 60.8 cm³/mol. The molecule has 7 heteroatoms. The molecule has 0 N–H and O–H groups in total. The highest BCUT2D eigenvalue weighted by atomic mass is 35.5. The average molecular weight is 265 g/mol. The normalized spacial score (nSPS) is 12.0. The quantitative estimate of drug-likeness (QED) is 0.617. The Bertz CT molecular complexity index is 514. The van der Waals surface area contributed by atoms with Crippen molar-refractivity contribution in [3.05, 3.63) is 29.0 Å². The molecule has 0 aliphatic rings. The standard InChI is InChI=1S/C9H10ClFN2O2S/c1-13(2)6-12-16(14,15)9-4-3-7(11)5-8(9)10/h3-6H,1-2H3/b12-6+. The van der Waals surface area contributed by atoms with Gasteiger partial charge in [-0.05, 0) is 18.2 Å². The van der Waals surface area contributed by atoms with Crippen molar-refractivity contribution in [1.29, 1.82) is 0 Å². The van der Waals surface area contributed by atoms with Crippen LogP contribution in [0.4, 0.5) is 4.39 Å². The molecule has 0 saturated carbocycles. The minimum atomic E-state index is -3.87. The zero-order valence-corrected chi connectivity index (χ0v) is 10.3. The van der Waals surface area contributed by atoms with E-state index in [1.807, 2.05) is 0 Å². The maximum atomic E-state index is 12.7. The van der Waals surface area contributed by atoms with Crippen LogP contribution in [-0.2, 0) is 10.0 Å². The molecule has 16 heavy (non-hydrogen) atoms. The molecule has 0 aromatic heterocycles. The highest BCUT2D eigenvalue weighted by molar-refractivity contribution is 7.90. The monoisotopic (exact) mass is 264 g/mol. The fourth-order valence-electron chi connectivity index (χ4n) is 0.898. The van der Waals surface area contributed by atoms with E-state index < -0.39 is 15.8 Å². The van der Waals surface area contributed by atoms with E-state index in [1.54, 1.807) is 14.1 Å². The van der Waals surface area contributed by atoms with Crippen molar-refractivity contribution in [1.82, 2.24) is 4.90 Å². The van der Waals surface area contributed by atoms with Crippen LogP contribution in [0.2, 0.25) is 5.02 Å². The van der Waals surface area contributed by atoms with E-state index in [4.69, 9.17) is 11.6 Å². The summed E-state index contributed by atoms with van der Waals surface area (Å²) >= 11 is 5.62. The first kappa shape index (κ1) is 12.9. The third-order valence-corrected chi connectivity index (χ3v) is 3.30. The number of hydrogen-bond acceptors (Lipinski definition) is 2. The molecule has 0 unspecified atom stereocenters. The molecular formula is C9H10ClFN2O2S. The van der Waals surface area contributed by atoms with Gasteiger partial charge in [-0.25, -0.2) is 4.39 Å². The molecule has 0 aliphatic carbocycles. The third-order valence-electron chi connectivity index (χ3n) is 1.59. The van der Waals surface area contributed by atoms with E-state index in [0.29, 0.717) is 0 Å². The first-order chi connectivity index (χ1) is 7.33. The zero-order chi connectivity index (χ0) is 12.3. The van der Waals surface area contributed by atoms with Crippen LogP contribution in [0.1, 0.15) is 0 Å². The molecule has 1 rings (SSSR count). The molecule has 0 bridgehead atoms. The molecule has 0 spiro atoms. The average Bonchev–Trinajstić information content (AvgIpc) is 2.14. The van der Waals surface area contributed by atoms with E-state index in [-0.39, 0.29) is 9.92 Å². The van der Waals surface area contributed by atoms with Gasteiger partial charge in [-0.15, -0.1) is 4.40 Å². The highest BCUT2D eigenvalue weighted by Crippen LogP contribution is 2.23. The second-order valence-electron chi connectivity index (χ2n) is 3.23. The van der Waals surface area contributed by atoms with Crippen molar-refractivity contribution in [2.45, 2.75) is 4.90 Å². The topological polar surface area (TPSA) is 49.7 Å². The van der Waals surface area contributed by atoms with E-state index in [9.17, 15) is 12.8 Å². The van der Waals surface area contributed by atoms with Crippen LogP contribution in [0.25, 0.3) is 0 Å². The van der Waals surface area contributed by atoms with Crippen LogP contribution in [0, 0.1) is 5.82 Å². The Morgan fingerprint density at radius 1 is 1.44 bits per heavy atom. The van der Waals surface area contributed by atoms with E-state index >= 15 is 0 Å². The molecule has 4 nitrogen and oxygen atoms in total. The van der Waals surface area contributed by atoms with Crippen LogP contribution < -0.4 is 0 Å². The number of nitrogens with zero attached hydrogens (tertiary/aromatic N) is 2. The second kappa shape index (κ2) is 4.80. The fraction of sp³-hybridized carbons (Fsp3) is 0.222. The SMILES string of the molecule is CN(C)/C=N/S(=O)(=O)c1ccc(F)cc1Cl. The molecule has 1 aromatic rings. The minimum absolute atomic E-state index is 0.184. The van der Waals surface area contributed by atoms with Crippen LogP contribution in [-0.4, -0.2) is 33.8 Å². The Balaban J connectivity index is 3.18. The molecule has 0 aliphatic heterocycles. The smallest absolute Gasteiger partial charge is 0.285 e. The summed E-state index contributed by atoms with van der Waals surface area (Å²) in [7, 11) is -0.613. The van der Waals surface area contributed by atoms with Gasteiger partial charge in [0, 0.05) is 14.1 Å². The number of sulfonamides is 1. The summed E-state index contributed by atoms with van der Waals surface area (Å²) in [6.07, 6.45) is 1.13. The van der Waals surface area contributed by atoms with Gasteiger partial charge in [0.05, 0.1) is 5.02 Å². The molecule has 0 heterocycles. The summed E-state index contributed by atoms with van der Waals surface area (Å²) < 4.78 is 39.4. The van der Waals surface area contributed by atoms with Gasteiger partial charge in [-0.2, -0.15) is 8.42 Å². The summed E-state index contributed by atoms with van der Waals surface area (Å²) in [5.74, 6) is -0.597. The Morgan fingerprint density at radius 3 is 2.56 bits per heavy atom. The van der Waals surface area contributed by atoms with Gasteiger partial charge in [0.15, 0.2) is 0 Å². The third kappa shape index (κ3) is 3.18. The van der Waals surface area contributed by atoms with Crippen LogP contribution >= 0.6 is 11.6 Å². The van der Waals surface area contributed by atoms with E-state index in [1.165, 1.54) is 4.90 Å². The Labute approximate surface area is 98.4 Å². The van der Waals surface area contributed by atoms with Crippen molar-refractivity contribution in [2.24, 2.45) is 4.40 Å². The molecule has 0 radical (unpaired) electrons. The Hall–Kier alpha value is -1.14. The first-order valence-electron chi connectivity index (χ1n) is 4.25. The van der Waals surface area contributed by atoms with E-state index in [0.717, 1.165) is 24.5 Å². The summed E-state index contributed by atoms with van der Waals surface area (Å²) in [6.45, 7) is 0. The zero-order valence-electron chi connectivity index (χ0n) is 8.68. The summed E-state index contributed by atoms with van der Waals surface area (Å²) in [6, 6.07) is 3.03. The largest absolute Gasteiger partial charge is 0.368 e. The first-order valence-corrected chi connectivity index (χ1v) is 6.06. The van der Waals surface area contributed by atoms with Crippen molar-refractivity contribution < 1.29 is 12.8 Å². The van der Waals surface area contributed by atoms with Gasteiger partial charge in [0.2, 0.25) is 0 Å². The lowest BCUT2D eigenvalue weighted by atomic mass is 10.3. The summed E-state index contributed by atoms with van der Waals surface area (Å²) in [4.78, 5) is 1.25. The lowest BCUT2D eigenvalue weighted by Crippen LogP contribution is -2.10. The van der Waals surface area contributed by atoms with Gasteiger partial charge in [-0.3, -0.25) is 0 Å². The van der Waals surface area contributed by atoms with Crippen LogP contribution in [0.15, 0.2) is 27.5 Å². The van der Waals surface area contributed by atoms with E-state index in [2.05, 4.69) is 4.40 Å². The van der Waals surface area contributed by atoms with Crippen molar-refractivity contribution in [2.75, 3.05) is 14.1 Å². The molecule has 0 saturated heterocycles.